The summed E-state index contributed by atoms with van der Waals surface area (Å²) in [6, 6.07) is 0.271. The molecule has 0 radical (unpaired) electrons. The zero-order chi connectivity index (χ0) is 11.2. The zero-order valence-electron chi connectivity index (χ0n) is 9.63. The van der Waals surface area contributed by atoms with Gasteiger partial charge in [0.05, 0.1) is 6.10 Å². The van der Waals surface area contributed by atoms with Crippen LogP contribution >= 0.6 is 0 Å². The van der Waals surface area contributed by atoms with E-state index in [1.807, 2.05) is 0 Å². The lowest BCUT2D eigenvalue weighted by atomic mass is 10.1. The lowest BCUT2D eigenvalue weighted by molar-refractivity contribution is 0.111. The van der Waals surface area contributed by atoms with Gasteiger partial charge >= 0.3 is 6.03 Å². The third-order valence-electron chi connectivity index (χ3n) is 3.19. The number of hydrogen-bond acceptors (Lipinski definition) is 3. The molecule has 2 amide bonds. The second-order valence-corrected chi connectivity index (χ2v) is 4.51. The molecule has 0 spiro atoms. The summed E-state index contributed by atoms with van der Waals surface area (Å²) in [6.45, 7) is 3.46. The Labute approximate surface area is 96.3 Å². The molecule has 0 saturated carbocycles. The van der Waals surface area contributed by atoms with Crippen molar-refractivity contribution in [1.29, 1.82) is 0 Å². The van der Waals surface area contributed by atoms with Crippen LogP contribution in [-0.4, -0.2) is 44.4 Å². The summed E-state index contributed by atoms with van der Waals surface area (Å²) in [6.07, 6.45) is 4.44. The van der Waals surface area contributed by atoms with E-state index >= 15 is 0 Å². The molecular formula is C11H21N3O2. The SMILES string of the molecule is O=C(NCC1CCCO1)NC1CCNCC1. The first-order valence-corrected chi connectivity index (χ1v) is 6.21. The Morgan fingerprint density at radius 2 is 2.12 bits per heavy atom. The highest BCUT2D eigenvalue weighted by molar-refractivity contribution is 5.74. The number of carbonyl (C=O) groups is 1. The maximum Gasteiger partial charge on any atom is 0.315 e. The van der Waals surface area contributed by atoms with Crippen molar-refractivity contribution in [2.24, 2.45) is 0 Å². The van der Waals surface area contributed by atoms with E-state index in [9.17, 15) is 4.79 Å². The van der Waals surface area contributed by atoms with Crippen molar-refractivity contribution in [2.45, 2.75) is 37.8 Å². The molecule has 0 aromatic rings. The molecule has 2 aliphatic heterocycles. The van der Waals surface area contributed by atoms with Crippen LogP contribution in [0.4, 0.5) is 4.79 Å². The van der Waals surface area contributed by atoms with Crippen molar-refractivity contribution in [3.8, 4) is 0 Å². The topological polar surface area (TPSA) is 62.4 Å². The van der Waals surface area contributed by atoms with Crippen molar-refractivity contribution in [3.63, 3.8) is 0 Å². The minimum absolute atomic E-state index is 0.0533. The maximum atomic E-state index is 11.6. The highest BCUT2D eigenvalue weighted by Crippen LogP contribution is 2.10. The smallest absolute Gasteiger partial charge is 0.315 e. The van der Waals surface area contributed by atoms with Gasteiger partial charge in [-0.25, -0.2) is 4.79 Å². The molecule has 0 aromatic heterocycles. The summed E-state index contributed by atoms with van der Waals surface area (Å²) in [7, 11) is 0. The zero-order valence-corrected chi connectivity index (χ0v) is 9.63. The van der Waals surface area contributed by atoms with Gasteiger partial charge in [-0.05, 0) is 38.8 Å². The lowest BCUT2D eigenvalue weighted by Crippen LogP contribution is -2.48. The van der Waals surface area contributed by atoms with Crippen LogP contribution < -0.4 is 16.0 Å². The summed E-state index contributed by atoms with van der Waals surface area (Å²) >= 11 is 0. The number of amides is 2. The summed E-state index contributed by atoms with van der Waals surface area (Å²) < 4.78 is 5.44. The molecule has 2 heterocycles. The quantitative estimate of drug-likeness (QED) is 0.646. The lowest BCUT2D eigenvalue weighted by Gasteiger charge is -2.24. The fraction of sp³-hybridized carbons (Fsp3) is 0.909. The minimum Gasteiger partial charge on any atom is -0.376 e. The molecule has 2 rings (SSSR count). The van der Waals surface area contributed by atoms with Crippen molar-refractivity contribution in [3.05, 3.63) is 0 Å². The molecule has 92 valence electrons. The van der Waals surface area contributed by atoms with E-state index in [1.54, 1.807) is 0 Å². The van der Waals surface area contributed by atoms with Gasteiger partial charge in [0.1, 0.15) is 0 Å². The fourth-order valence-electron chi connectivity index (χ4n) is 2.21. The van der Waals surface area contributed by atoms with Gasteiger partial charge in [0, 0.05) is 19.2 Å². The number of carbonyl (C=O) groups excluding carboxylic acids is 1. The highest BCUT2D eigenvalue weighted by atomic mass is 16.5. The number of piperidine rings is 1. The molecule has 5 nitrogen and oxygen atoms in total. The molecular weight excluding hydrogens is 206 g/mol. The van der Waals surface area contributed by atoms with Crippen LogP contribution in [0.2, 0.25) is 0 Å². The van der Waals surface area contributed by atoms with Gasteiger partial charge in [-0.3, -0.25) is 0 Å². The van der Waals surface area contributed by atoms with Crippen LogP contribution in [0.3, 0.4) is 0 Å². The van der Waals surface area contributed by atoms with Crippen molar-refractivity contribution >= 4 is 6.03 Å². The second-order valence-electron chi connectivity index (χ2n) is 4.51. The Morgan fingerprint density at radius 1 is 1.31 bits per heavy atom. The number of urea groups is 1. The fourth-order valence-corrected chi connectivity index (χ4v) is 2.21. The first-order chi connectivity index (χ1) is 7.84. The van der Waals surface area contributed by atoms with Crippen LogP contribution in [-0.2, 0) is 4.74 Å². The molecule has 1 unspecified atom stereocenters. The van der Waals surface area contributed by atoms with E-state index in [0.29, 0.717) is 12.6 Å². The molecule has 2 fully saturated rings. The third kappa shape index (κ3) is 3.64. The molecule has 0 aromatic carbocycles. The van der Waals surface area contributed by atoms with Gasteiger partial charge in [-0.15, -0.1) is 0 Å². The maximum absolute atomic E-state index is 11.6. The first kappa shape index (κ1) is 11.7. The first-order valence-electron chi connectivity index (χ1n) is 6.21. The van der Waals surface area contributed by atoms with Crippen molar-refractivity contribution in [2.75, 3.05) is 26.2 Å². The van der Waals surface area contributed by atoms with E-state index in [1.165, 1.54) is 0 Å². The van der Waals surface area contributed by atoms with E-state index < -0.39 is 0 Å². The monoisotopic (exact) mass is 227 g/mol. The summed E-state index contributed by atoms with van der Waals surface area (Å²) in [4.78, 5) is 11.6. The molecule has 2 saturated heterocycles. The molecule has 1 atom stereocenters. The Morgan fingerprint density at radius 3 is 2.81 bits per heavy atom. The normalized spacial score (nSPS) is 26.6. The minimum atomic E-state index is -0.0533. The number of ether oxygens (including phenoxy) is 1. The Hall–Kier alpha value is -0.810. The van der Waals surface area contributed by atoms with Crippen LogP contribution in [0.25, 0.3) is 0 Å². The number of hydrogen-bond donors (Lipinski definition) is 3. The van der Waals surface area contributed by atoms with Gasteiger partial charge in [0.25, 0.3) is 0 Å². The summed E-state index contributed by atoms with van der Waals surface area (Å²) in [5.41, 5.74) is 0. The van der Waals surface area contributed by atoms with Gasteiger partial charge < -0.3 is 20.7 Å². The molecule has 0 aliphatic carbocycles. The number of rotatable bonds is 3. The Balaban J connectivity index is 1.59. The van der Waals surface area contributed by atoms with E-state index in [2.05, 4.69) is 16.0 Å². The van der Waals surface area contributed by atoms with Gasteiger partial charge in [0.2, 0.25) is 0 Å². The van der Waals surface area contributed by atoms with Crippen LogP contribution in [0.5, 0.6) is 0 Å². The molecule has 2 aliphatic rings. The number of nitrogens with one attached hydrogen (secondary N) is 3. The van der Waals surface area contributed by atoms with Crippen LogP contribution in [0.15, 0.2) is 0 Å². The molecule has 5 heteroatoms. The van der Waals surface area contributed by atoms with Crippen LogP contribution in [0, 0.1) is 0 Å². The molecule has 16 heavy (non-hydrogen) atoms. The van der Waals surface area contributed by atoms with Gasteiger partial charge in [-0.1, -0.05) is 0 Å². The predicted molar refractivity (Wildman–Crippen MR) is 61.4 cm³/mol. The molecule has 0 bridgehead atoms. The molecule has 3 N–H and O–H groups in total. The van der Waals surface area contributed by atoms with E-state index in [0.717, 1.165) is 45.4 Å². The highest BCUT2D eigenvalue weighted by Gasteiger charge is 2.18. The second kappa shape index (κ2) is 6.06. The third-order valence-corrected chi connectivity index (χ3v) is 3.19. The van der Waals surface area contributed by atoms with Gasteiger partial charge in [0.15, 0.2) is 0 Å². The van der Waals surface area contributed by atoms with Crippen molar-refractivity contribution in [1.82, 2.24) is 16.0 Å². The predicted octanol–water partition coefficient (Wildman–Crippen LogP) is 0.217. The van der Waals surface area contributed by atoms with Crippen molar-refractivity contribution < 1.29 is 9.53 Å². The summed E-state index contributed by atoms with van der Waals surface area (Å²) in [5, 5.41) is 9.15. The summed E-state index contributed by atoms with van der Waals surface area (Å²) in [5.74, 6) is 0. The van der Waals surface area contributed by atoms with Gasteiger partial charge in [-0.2, -0.15) is 0 Å². The largest absolute Gasteiger partial charge is 0.376 e. The van der Waals surface area contributed by atoms with Crippen LogP contribution in [0.1, 0.15) is 25.7 Å². The van der Waals surface area contributed by atoms with E-state index in [-0.39, 0.29) is 12.1 Å². The average Bonchev–Trinajstić information content (AvgIpc) is 2.81. The standard InChI is InChI=1S/C11H21N3O2/c15-11(13-8-10-2-1-7-16-10)14-9-3-5-12-6-4-9/h9-10,12H,1-8H2,(H2,13,14,15). The van der Waals surface area contributed by atoms with E-state index in [4.69, 9.17) is 4.74 Å². The average molecular weight is 227 g/mol. The Kier molecular flexibility index (Phi) is 4.42. The Bertz CT molecular complexity index is 223.